The van der Waals surface area contributed by atoms with E-state index in [4.69, 9.17) is 23.2 Å². The van der Waals surface area contributed by atoms with Crippen LogP contribution in [-0.2, 0) is 6.54 Å². The summed E-state index contributed by atoms with van der Waals surface area (Å²) >= 11 is 15.2. The van der Waals surface area contributed by atoms with Crippen LogP contribution < -0.4 is 10.9 Å². The summed E-state index contributed by atoms with van der Waals surface area (Å²) < 4.78 is 1.88. The second kappa shape index (κ2) is 7.74. The molecule has 0 saturated heterocycles. The molecule has 0 radical (unpaired) electrons. The number of rotatable bonds is 5. The molecule has 1 aromatic heterocycles. The molecule has 0 amide bonds. The fraction of sp³-hybridized carbons (Fsp3) is 0.176. The van der Waals surface area contributed by atoms with E-state index in [0.29, 0.717) is 25.4 Å². The van der Waals surface area contributed by atoms with E-state index in [1.807, 2.05) is 12.1 Å². The lowest BCUT2D eigenvalue weighted by Gasteiger charge is -2.15. The van der Waals surface area contributed by atoms with E-state index in [-0.39, 0.29) is 18.6 Å². The Morgan fingerprint density at radius 3 is 2.64 bits per heavy atom. The van der Waals surface area contributed by atoms with E-state index in [2.05, 4.69) is 26.2 Å². The van der Waals surface area contributed by atoms with Crippen LogP contribution in [0.4, 0.5) is 5.69 Å². The van der Waals surface area contributed by atoms with Gasteiger partial charge < -0.3 is 10.4 Å². The lowest BCUT2D eigenvalue weighted by atomic mass is 10.2. The molecule has 3 aromatic rings. The first-order valence-corrected chi connectivity index (χ1v) is 9.01. The van der Waals surface area contributed by atoms with E-state index in [1.165, 1.54) is 10.9 Å². The number of fused-ring (bicyclic) bond motifs is 1. The molecule has 0 aliphatic rings. The summed E-state index contributed by atoms with van der Waals surface area (Å²) in [7, 11) is 0. The largest absolute Gasteiger partial charge is 0.389 e. The summed E-state index contributed by atoms with van der Waals surface area (Å²) in [5.41, 5.74) is 1.12. The van der Waals surface area contributed by atoms with Crippen molar-refractivity contribution >= 4 is 55.7 Å². The molecule has 5 nitrogen and oxygen atoms in total. The van der Waals surface area contributed by atoms with Gasteiger partial charge in [0.05, 0.1) is 39.4 Å². The third-order valence-corrected chi connectivity index (χ3v) is 5.30. The summed E-state index contributed by atoms with van der Waals surface area (Å²) in [6.07, 6.45) is 0.655. The van der Waals surface area contributed by atoms with E-state index < -0.39 is 6.10 Å². The minimum atomic E-state index is -0.773. The monoisotopic (exact) mass is 441 g/mol. The Hall–Kier alpha value is -1.60. The van der Waals surface area contributed by atoms with E-state index in [0.717, 1.165) is 5.69 Å². The molecule has 0 unspecified atom stereocenters. The molecule has 1 atom stereocenters. The van der Waals surface area contributed by atoms with Crippen LogP contribution in [0.1, 0.15) is 0 Å². The van der Waals surface area contributed by atoms with Gasteiger partial charge in [-0.05, 0) is 52.3 Å². The molecule has 3 rings (SSSR count). The zero-order valence-electron chi connectivity index (χ0n) is 12.9. The maximum Gasteiger partial charge on any atom is 0.262 e. The number of aromatic nitrogens is 2. The molecule has 130 valence electrons. The second-order valence-electron chi connectivity index (χ2n) is 5.50. The van der Waals surface area contributed by atoms with E-state index >= 15 is 0 Å². The molecule has 1 heterocycles. The zero-order chi connectivity index (χ0) is 18.0. The Morgan fingerprint density at radius 1 is 1.20 bits per heavy atom. The standard InChI is InChI=1S/C17H14BrCl2N3O2/c18-16-13(20)5-6-14-15(16)17(25)23(9-22-14)8-12(24)7-21-11-3-1-10(19)2-4-11/h1-6,9,12,21,24H,7-8H2/t12-/m0/s1. The summed E-state index contributed by atoms with van der Waals surface area (Å²) in [6.45, 7) is 0.393. The Balaban J connectivity index is 1.76. The van der Waals surface area contributed by atoms with Gasteiger partial charge in [0, 0.05) is 17.3 Å². The average molecular weight is 443 g/mol. The number of anilines is 1. The molecule has 0 bridgehead atoms. The van der Waals surface area contributed by atoms with Gasteiger partial charge in [0.2, 0.25) is 0 Å². The van der Waals surface area contributed by atoms with Crippen molar-refractivity contribution in [1.82, 2.24) is 9.55 Å². The molecule has 0 fully saturated rings. The minimum Gasteiger partial charge on any atom is -0.389 e. The third-order valence-electron chi connectivity index (χ3n) is 3.68. The highest BCUT2D eigenvalue weighted by Crippen LogP contribution is 2.27. The van der Waals surface area contributed by atoms with Gasteiger partial charge in [0.25, 0.3) is 5.56 Å². The third kappa shape index (κ3) is 4.15. The number of benzene rings is 2. The van der Waals surface area contributed by atoms with Crippen molar-refractivity contribution in [3.63, 3.8) is 0 Å². The Bertz CT molecular complexity index is 961. The van der Waals surface area contributed by atoms with Crippen molar-refractivity contribution in [1.29, 1.82) is 0 Å². The lowest BCUT2D eigenvalue weighted by molar-refractivity contribution is 0.165. The van der Waals surface area contributed by atoms with Crippen LogP contribution in [0.3, 0.4) is 0 Å². The van der Waals surface area contributed by atoms with Gasteiger partial charge in [-0.2, -0.15) is 0 Å². The predicted octanol–water partition coefficient (Wildman–Crippen LogP) is 3.94. The van der Waals surface area contributed by atoms with Gasteiger partial charge in [0.15, 0.2) is 0 Å². The molecule has 25 heavy (non-hydrogen) atoms. The fourth-order valence-corrected chi connectivity index (χ4v) is 3.19. The molecular formula is C17H14BrCl2N3O2. The van der Waals surface area contributed by atoms with Crippen LogP contribution in [0.2, 0.25) is 10.0 Å². The number of aliphatic hydroxyl groups excluding tert-OH is 1. The second-order valence-corrected chi connectivity index (χ2v) is 7.14. The van der Waals surface area contributed by atoms with Gasteiger partial charge in [0.1, 0.15) is 0 Å². The first kappa shape index (κ1) is 18.2. The van der Waals surface area contributed by atoms with Crippen molar-refractivity contribution in [2.24, 2.45) is 0 Å². The molecule has 0 spiro atoms. The van der Waals surface area contributed by atoms with Gasteiger partial charge in [-0.3, -0.25) is 9.36 Å². The predicted molar refractivity (Wildman–Crippen MR) is 105 cm³/mol. The van der Waals surface area contributed by atoms with E-state index in [9.17, 15) is 9.90 Å². The SMILES string of the molecule is O=c1c2c(Br)c(Cl)ccc2ncn1C[C@@H](O)CNc1ccc(Cl)cc1. The first-order valence-electron chi connectivity index (χ1n) is 7.46. The van der Waals surface area contributed by atoms with Crippen molar-refractivity contribution in [2.45, 2.75) is 12.6 Å². The smallest absolute Gasteiger partial charge is 0.262 e. The molecule has 8 heteroatoms. The number of nitrogens with one attached hydrogen (secondary N) is 1. The van der Waals surface area contributed by atoms with Crippen LogP contribution in [-0.4, -0.2) is 27.3 Å². The number of hydrogen-bond acceptors (Lipinski definition) is 4. The topological polar surface area (TPSA) is 67.2 Å². The van der Waals surface area contributed by atoms with Crippen molar-refractivity contribution in [2.75, 3.05) is 11.9 Å². The van der Waals surface area contributed by atoms with Gasteiger partial charge >= 0.3 is 0 Å². The molecule has 0 saturated carbocycles. The summed E-state index contributed by atoms with van der Waals surface area (Å²) in [6, 6.07) is 10.5. The minimum absolute atomic E-state index is 0.112. The van der Waals surface area contributed by atoms with Crippen LogP contribution in [0.5, 0.6) is 0 Å². The van der Waals surface area contributed by atoms with Crippen LogP contribution in [0.15, 0.2) is 52.0 Å². The summed E-state index contributed by atoms with van der Waals surface area (Å²) in [5, 5.41) is 14.8. The van der Waals surface area contributed by atoms with Gasteiger partial charge in [-0.1, -0.05) is 23.2 Å². The number of halogens is 3. The van der Waals surface area contributed by atoms with Crippen LogP contribution in [0.25, 0.3) is 10.9 Å². The fourth-order valence-electron chi connectivity index (χ4n) is 2.40. The maximum absolute atomic E-state index is 12.6. The van der Waals surface area contributed by atoms with E-state index in [1.54, 1.807) is 24.3 Å². The van der Waals surface area contributed by atoms with Crippen molar-refractivity contribution < 1.29 is 5.11 Å². The first-order chi connectivity index (χ1) is 12.0. The zero-order valence-corrected chi connectivity index (χ0v) is 16.0. The molecule has 0 aliphatic carbocycles. The maximum atomic E-state index is 12.6. The molecule has 2 N–H and O–H groups in total. The van der Waals surface area contributed by atoms with Crippen LogP contribution >= 0.6 is 39.1 Å². The quantitative estimate of drug-likeness (QED) is 0.627. The number of hydrogen-bond donors (Lipinski definition) is 2. The highest BCUT2D eigenvalue weighted by atomic mass is 79.9. The molecular weight excluding hydrogens is 429 g/mol. The number of aliphatic hydroxyl groups is 1. The Morgan fingerprint density at radius 2 is 1.92 bits per heavy atom. The Kier molecular flexibility index (Phi) is 5.64. The normalized spacial score (nSPS) is 12.3. The Labute approximate surface area is 162 Å². The highest BCUT2D eigenvalue weighted by Gasteiger charge is 2.13. The summed E-state index contributed by atoms with van der Waals surface area (Å²) in [4.78, 5) is 16.9. The number of nitrogens with zero attached hydrogens (tertiary/aromatic N) is 2. The highest BCUT2D eigenvalue weighted by molar-refractivity contribution is 9.10. The molecule has 2 aromatic carbocycles. The van der Waals surface area contributed by atoms with Crippen molar-refractivity contribution in [3.05, 3.63) is 67.6 Å². The summed E-state index contributed by atoms with van der Waals surface area (Å²) in [5.74, 6) is 0. The van der Waals surface area contributed by atoms with Crippen molar-refractivity contribution in [3.8, 4) is 0 Å². The van der Waals surface area contributed by atoms with Gasteiger partial charge in [-0.15, -0.1) is 0 Å². The van der Waals surface area contributed by atoms with Crippen LogP contribution in [0, 0.1) is 0 Å². The molecule has 0 aliphatic heterocycles. The van der Waals surface area contributed by atoms with Gasteiger partial charge in [-0.25, -0.2) is 4.98 Å². The average Bonchev–Trinajstić information content (AvgIpc) is 2.60. The lowest BCUT2D eigenvalue weighted by Crippen LogP contribution is -2.31.